The lowest BCUT2D eigenvalue weighted by Gasteiger charge is -2.09. The van der Waals surface area contributed by atoms with Gasteiger partial charge in [0.05, 0.1) is 17.0 Å². The molecule has 5 nitrogen and oxygen atoms in total. The average Bonchev–Trinajstić information content (AvgIpc) is 3.12. The maximum absolute atomic E-state index is 12.9. The molecule has 0 unspecified atom stereocenters. The molecule has 2 N–H and O–H groups in total. The molecule has 2 amide bonds. The predicted molar refractivity (Wildman–Crippen MR) is 92.5 cm³/mol. The van der Waals surface area contributed by atoms with Crippen molar-refractivity contribution in [1.82, 2.24) is 0 Å². The molecular formula is C18H12ClFN2O3. The van der Waals surface area contributed by atoms with Gasteiger partial charge in [-0.25, -0.2) is 4.39 Å². The second-order valence-electron chi connectivity index (χ2n) is 5.09. The summed E-state index contributed by atoms with van der Waals surface area (Å²) in [5.74, 6) is -1.10. The first-order valence-electron chi connectivity index (χ1n) is 7.24. The van der Waals surface area contributed by atoms with Gasteiger partial charge in [0.2, 0.25) is 0 Å². The summed E-state index contributed by atoms with van der Waals surface area (Å²) in [5.41, 5.74) is 1.13. The van der Waals surface area contributed by atoms with E-state index >= 15 is 0 Å². The van der Waals surface area contributed by atoms with Crippen molar-refractivity contribution in [3.05, 3.63) is 83.0 Å². The van der Waals surface area contributed by atoms with Crippen LogP contribution in [0, 0.1) is 5.82 Å². The van der Waals surface area contributed by atoms with Crippen LogP contribution in [-0.2, 0) is 0 Å². The number of carbonyl (C=O) groups is 2. The second kappa shape index (κ2) is 7.19. The molecule has 7 heteroatoms. The third kappa shape index (κ3) is 4.05. The van der Waals surface area contributed by atoms with Crippen molar-refractivity contribution in [2.75, 3.05) is 10.6 Å². The third-order valence-electron chi connectivity index (χ3n) is 3.33. The van der Waals surface area contributed by atoms with Crippen molar-refractivity contribution in [3.8, 4) is 0 Å². The number of rotatable bonds is 4. The van der Waals surface area contributed by atoms with E-state index in [1.54, 1.807) is 18.2 Å². The number of hydrogen-bond acceptors (Lipinski definition) is 3. The van der Waals surface area contributed by atoms with Crippen molar-refractivity contribution in [1.29, 1.82) is 0 Å². The number of amides is 2. The van der Waals surface area contributed by atoms with E-state index in [1.165, 1.54) is 42.7 Å². The zero-order valence-corrected chi connectivity index (χ0v) is 13.5. The number of hydrogen-bond donors (Lipinski definition) is 2. The molecule has 0 aliphatic rings. The van der Waals surface area contributed by atoms with Gasteiger partial charge in [0, 0.05) is 11.3 Å². The molecule has 0 spiro atoms. The Bertz CT molecular complexity index is 909. The first kappa shape index (κ1) is 16.7. The zero-order valence-electron chi connectivity index (χ0n) is 12.8. The highest BCUT2D eigenvalue weighted by atomic mass is 35.5. The maximum atomic E-state index is 12.9. The van der Waals surface area contributed by atoms with Gasteiger partial charge in [0.15, 0.2) is 5.76 Å². The van der Waals surface area contributed by atoms with E-state index in [-0.39, 0.29) is 10.8 Å². The summed E-state index contributed by atoms with van der Waals surface area (Å²) in [6.07, 6.45) is 1.39. The fraction of sp³-hybridized carbons (Fsp3) is 0. The molecule has 0 aliphatic heterocycles. The van der Waals surface area contributed by atoms with Gasteiger partial charge in [-0.3, -0.25) is 9.59 Å². The maximum Gasteiger partial charge on any atom is 0.291 e. The van der Waals surface area contributed by atoms with E-state index in [2.05, 4.69) is 10.6 Å². The fourth-order valence-electron chi connectivity index (χ4n) is 2.09. The van der Waals surface area contributed by atoms with Crippen molar-refractivity contribution >= 4 is 34.8 Å². The van der Waals surface area contributed by atoms with Gasteiger partial charge in [0.1, 0.15) is 5.82 Å². The molecule has 25 heavy (non-hydrogen) atoms. The van der Waals surface area contributed by atoms with Gasteiger partial charge in [-0.05, 0) is 54.6 Å². The predicted octanol–water partition coefficient (Wildman–Crippen LogP) is 4.58. The van der Waals surface area contributed by atoms with E-state index in [1.807, 2.05) is 0 Å². The van der Waals surface area contributed by atoms with Crippen LogP contribution >= 0.6 is 11.6 Å². The molecule has 0 aliphatic carbocycles. The van der Waals surface area contributed by atoms with Crippen LogP contribution in [0.4, 0.5) is 15.8 Å². The Labute approximate surface area is 147 Å². The molecule has 126 valence electrons. The number of anilines is 2. The minimum Gasteiger partial charge on any atom is -0.459 e. The number of halogens is 2. The van der Waals surface area contributed by atoms with E-state index < -0.39 is 17.6 Å². The lowest BCUT2D eigenvalue weighted by molar-refractivity contribution is 0.0994. The smallest absolute Gasteiger partial charge is 0.291 e. The highest BCUT2D eigenvalue weighted by molar-refractivity contribution is 6.34. The van der Waals surface area contributed by atoms with Crippen molar-refractivity contribution in [2.45, 2.75) is 0 Å². The molecule has 2 aromatic carbocycles. The topological polar surface area (TPSA) is 71.3 Å². The number of furan rings is 1. The SMILES string of the molecule is O=C(Nc1ccc(NC(=O)c2ccco2)c(Cl)c1)c1ccc(F)cc1. The standard InChI is InChI=1S/C18H12ClFN2O3/c19-14-10-13(21-17(23)11-3-5-12(20)6-4-11)7-8-15(14)22-18(24)16-2-1-9-25-16/h1-10H,(H,21,23)(H,22,24). The monoisotopic (exact) mass is 358 g/mol. The van der Waals surface area contributed by atoms with E-state index in [4.69, 9.17) is 16.0 Å². The third-order valence-corrected chi connectivity index (χ3v) is 3.64. The highest BCUT2D eigenvalue weighted by Gasteiger charge is 2.12. The first-order chi connectivity index (χ1) is 12.0. The van der Waals surface area contributed by atoms with Crippen LogP contribution in [-0.4, -0.2) is 11.8 Å². The van der Waals surface area contributed by atoms with Gasteiger partial charge in [-0.1, -0.05) is 11.6 Å². The Hall–Kier alpha value is -3.12. The zero-order chi connectivity index (χ0) is 17.8. The van der Waals surface area contributed by atoms with Gasteiger partial charge in [0.25, 0.3) is 11.8 Å². The van der Waals surface area contributed by atoms with Crippen LogP contribution in [0.1, 0.15) is 20.9 Å². The molecule has 1 aromatic heterocycles. The van der Waals surface area contributed by atoms with Crippen LogP contribution in [0.5, 0.6) is 0 Å². The number of nitrogens with one attached hydrogen (secondary N) is 2. The normalized spacial score (nSPS) is 10.3. The van der Waals surface area contributed by atoms with E-state index in [0.29, 0.717) is 16.9 Å². The summed E-state index contributed by atoms with van der Waals surface area (Å²) in [6.45, 7) is 0. The lowest BCUT2D eigenvalue weighted by atomic mass is 10.2. The largest absolute Gasteiger partial charge is 0.459 e. The van der Waals surface area contributed by atoms with Crippen LogP contribution in [0.25, 0.3) is 0 Å². The van der Waals surface area contributed by atoms with Crippen molar-refractivity contribution in [3.63, 3.8) is 0 Å². The lowest BCUT2D eigenvalue weighted by Crippen LogP contribution is -2.13. The molecule has 0 saturated carbocycles. The molecular weight excluding hydrogens is 347 g/mol. The number of carbonyl (C=O) groups excluding carboxylic acids is 2. The van der Waals surface area contributed by atoms with E-state index in [0.717, 1.165) is 0 Å². The minimum atomic E-state index is -0.435. The van der Waals surface area contributed by atoms with E-state index in [9.17, 15) is 14.0 Å². The Morgan fingerprint density at radius 2 is 1.72 bits per heavy atom. The summed E-state index contributed by atoms with van der Waals surface area (Å²) < 4.78 is 17.9. The molecule has 3 rings (SSSR count). The summed E-state index contributed by atoms with van der Waals surface area (Å²) in [5, 5.41) is 5.51. The van der Waals surface area contributed by atoms with Gasteiger partial charge >= 0.3 is 0 Å². The first-order valence-corrected chi connectivity index (χ1v) is 7.62. The molecule has 0 radical (unpaired) electrons. The molecule has 1 heterocycles. The van der Waals surface area contributed by atoms with Crippen molar-refractivity contribution < 1.29 is 18.4 Å². The Morgan fingerprint density at radius 1 is 0.960 bits per heavy atom. The molecule has 0 fully saturated rings. The Morgan fingerprint density at radius 3 is 2.36 bits per heavy atom. The fourth-order valence-corrected chi connectivity index (χ4v) is 2.32. The van der Waals surface area contributed by atoms with Crippen LogP contribution in [0.3, 0.4) is 0 Å². The van der Waals surface area contributed by atoms with Gasteiger partial charge < -0.3 is 15.1 Å². The quantitative estimate of drug-likeness (QED) is 0.717. The van der Waals surface area contributed by atoms with Crippen LogP contribution in [0.2, 0.25) is 5.02 Å². The van der Waals surface area contributed by atoms with Crippen molar-refractivity contribution in [2.24, 2.45) is 0 Å². The summed E-state index contributed by atoms with van der Waals surface area (Å²) in [7, 11) is 0. The average molecular weight is 359 g/mol. The molecule has 0 saturated heterocycles. The van der Waals surface area contributed by atoms with Crippen LogP contribution in [0.15, 0.2) is 65.3 Å². The van der Waals surface area contributed by atoms with Crippen LogP contribution < -0.4 is 10.6 Å². The summed E-state index contributed by atoms with van der Waals surface area (Å²) >= 11 is 6.14. The Kier molecular flexibility index (Phi) is 4.81. The van der Waals surface area contributed by atoms with Gasteiger partial charge in [-0.15, -0.1) is 0 Å². The summed E-state index contributed by atoms with van der Waals surface area (Å²) in [4.78, 5) is 24.0. The molecule has 0 atom stereocenters. The summed E-state index contributed by atoms with van der Waals surface area (Å²) in [6, 6.07) is 12.9. The number of benzene rings is 2. The molecule has 3 aromatic rings. The van der Waals surface area contributed by atoms with Gasteiger partial charge in [-0.2, -0.15) is 0 Å². The second-order valence-corrected chi connectivity index (χ2v) is 5.49. The minimum absolute atomic E-state index is 0.157. The molecule has 0 bridgehead atoms. The highest BCUT2D eigenvalue weighted by Crippen LogP contribution is 2.26. The Balaban J connectivity index is 1.70.